The quantitative estimate of drug-likeness (QED) is 0.647. The summed E-state index contributed by atoms with van der Waals surface area (Å²) >= 11 is 0. The van der Waals surface area contributed by atoms with E-state index >= 15 is 0 Å². The van der Waals surface area contributed by atoms with Crippen molar-refractivity contribution >= 4 is 23.2 Å². The third-order valence-electron chi connectivity index (χ3n) is 6.19. The Morgan fingerprint density at radius 3 is 2.56 bits per heavy atom. The van der Waals surface area contributed by atoms with Crippen molar-refractivity contribution in [3.63, 3.8) is 0 Å². The van der Waals surface area contributed by atoms with Crippen molar-refractivity contribution < 1.29 is 14.3 Å². The highest BCUT2D eigenvalue weighted by molar-refractivity contribution is 6.02. The Morgan fingerprint density at radius 1 is 1.08 bits per heavy atom. The monoisotopic (exact) mass is 341 g/mol. The van der Waals surface area contributed by atoms with Gasteiger partial charge in [0.25, 0.3) is 0 Å². The number of carbonyl (C=O) groups excluding carboxylic acids is 2. The van der Waals surface area contributed by atoms with Gasteiger partial charge in [-0.1, -0.05) is 6.07 Å². The maximum absolute atomic E-state index is 12.3. The number of anilines is 2. The first kappa shape index (κ1) is 15.2. The first-order chi connectivity index (χ1) is 12.2. The molecule has 4 aliphatic heterocycles. The van der Waals surface area contributed by atoms with E-state index < -0.39 is 0 Å². The van der Waals surface area contributed by atoms with Crippen LogP contribution in [0.5, 0.6) is 0 Å². The van der Waals surface area contributed by atoms with Gasteiger partial charge in [0.1, 0.15) is 6.04 Å². The molecule has 1 N–H and O–H groups in total. The van der Waals surface area contributed by atoms with Gasteiger partial charge >= 0.3 is 0 Å². The molecule has 0 aromatic heterocycles. The maximum Gasteiger partial charge on any atom is 0.249 e. The van der Waals surface area contributed by atoms with Crippen LogP contribution in [0.25, 0.3) is 0 Å². The third-order valence-corrected chi connectivity index (χ3v) is 6.19. The van der Waals surface area contributed by atoms with Gasteiger partial charge in [-0.25, -0.2) is 0 Å². The molecule has 5 rings (SSSR count). The normalized spacial score (nSPS) is 27.4. The van der Waals surface area contributed by atoms with Gasteiger partial charge < -0.3 is 14.5 Å². The lowest BCUT2D eigenvalue weighted by molar-refractivity contribution is -0.134. The van der Waals surface area contributed by atoms with E-state index in [1.165, 1.54) is 11.3 Å². The number of imide groups is 1. The van der Waals surface area contributed by atoms with Gasteiger partial charge in [0.15, 0.2) is 0 Å². The van der Waals surface area contributed by atoms with Crippen molar-refractivity contribution in [2.24, 2.45) is 0 Å². The predicted octanol–water partition coefficient (Wildman–Crippen LogP) is 1.22. The average molecular weight is 341 g/mol. The van der Waals surface area contributed by atoms with Crippen LogP contribution in [0.3, 0.4) is 0 Å². The summed E-state index contributed by atoms with van der Waals surface area (Å²) in [6, 6.07) is 6.19. The zero-order valence-corrected chi connectivity index (χ0v) is 14.3. The molecular weight excluding hydrogens is 318 g/mol. The van der Waals surface area contributed by atoms with Crippen LogP contribution in [0.4, 0.5) is 11.4 Å². The Bertz CT molecular complexity index is 733. The molecule has 0 bridgehead atoms. The van der Waals surface area contributed by atoms with E-state index in [2.05, 4.69) is 33.3 Å². The molecule has 0 saturated carbocycles. The van der Waals surface area contributed by atoms with E-state index in [4.69, 9.17) is 4.74 Å². The molecule has 4 aliphatic rings. The van der Waals surface area contributed by atoms with Gasteiger partial charge in [0.05, 0.1) is 12.2 Å². The molecule has 3 fully saturated rings. The Hall–Kier alpha value is -2.08. The number of ether oxygens (including phenoxy) is 1. The summed E-state index contributed by atoms with van der Waals surface area (Å²) in [6.07, 6.45) is 4.20. The second kappa shape index (κ2) is 5.46. The van der Waals surface area contributed by atoms with Crippen molar-refractivity contribution in [2.75, 3.05) is 36.0 Å². The van der Waals surface area contributed by atoms with E-state index in [9.17, 15) is 9.59 Å². The predicted molar refractivity (Wildman–Crippen MR) is 93.8 cm³/mol. The number of nitrogens with one attached hydrogen (secondary N) is 1. The fraction of sp³-hybridized carbons (Fsp3) is 0.579. The highest BCUT2D eigenvalue weighted by Gasteiger charge is 2.47. The third kappa shape index (κ3) is 2.51. The second-order valence-electron chi connectivity index (χ2n) is 7.64. The average Bonchev–Trinajstić information content (AvgIpc) is 3.23. The lowest BCUT2D eigenvalue weighted by atomic mass is 9.96. The molecule has 25 heavy (non-hydrogen) atoms. The summed E-state index contributed by atoms with van der Waals surface area (Å²) in [5, 5.41) is 2.49. The molecule has 132 valence electrons. The molecule has 6 nitrogen and oxygen atoms in total. The van der Waals surface area contributed by atoms with E-state index in [0.717, 1.165) is 51.2 Å². The summed E-state index contributed by atoms with van der Waals surface area (Å²) in [5.74, 6) is -0.306. The van der Waals surface area contributed by atoms with Crippen LogP contribution in [-0.2, 0) is 20.7 Å². The largest absolute Gasteiger partial charge is 0.371 e. The van der Waals surface area contributed by atoms with Crippen LogP contribution in [-0.4, -0.2) is 49.7 Å². The number of hydrogen-bond acceptors (Lipinski definition) is 5. The van der Waals surface area contributed by atoms with Gasteiger partial charge in [0.2, 0.25) is 11.8 Å². The summed E-state index contributed by atoms with van der Waals surface area (Å²) in [7, 11) is 0. The molecule has 4 heterocycles. The van der Waals surface area contributed by atoms with Gasteiger partial charge in [-0.05, 0) is 37.8 Å². The topological polar surface area (TPSA) is 65.2 Å². The minimum absolute atomic E-state index is 0.153. The molecule has 0 radical (unpaired) electrons. The lowest BCUT2D eigenvalue weighted by Gasteiger charge is -2.34. The second-order valence-corrected chi connectivity index (χ2v) is 7.64. The number of amides is 2. The van der Waals surface area contributed by atoms with Crippen LogP contribution in [0.1, 0.15) is 31.2 Å². The molecule has 1 aromatic rings. The molecule has 6 heteroatoms. The maximum atomic E-state index is 12.3. The van der Waals surface area contributed by atoms with Crippen molar-refractivity contribution in [3.05, 3.63) is 23.8 Å². The highest BCUT2D eigenvalue weighted by Crippen LogP contribution is 2.42. The number of piperidine rings is 2. The van der Waals surface area contributed by atoms with Crippen LogP contribution in [0.15, 0.2) is 18.2 Å². The standard InChI is InChI=1S/C19H23N3O3/c23-17-5-4-16(18(24)20-17)22-9-6-13-14(2-1-3-15(13)22)21-10-7-19(8-11-21)12-25-19/h1-3,16H,4-12H2,(H,20,23,24). The van der Waals surface area contributed by atoms with Crippen LogP contribution in [0.2, 0.25) is 0 Å². The molecule has 1 aromatic carbocycles. The smallest absolute Gasteiger partial charge is 0.249 e. The Morgan fingerprint density at radius 2 is 1.84 bits per heavy atom. The Kier molecular flexibility index (Phi) is 3.32. The fourth-order valence-electron chi connectivity index (χ4n) is 4.59. The molecule has 2 amide bonds. The fourth-order valence-corrected chi connectivity index (χ4v) is 4.59. The van der Waals surface area contributed by atoms with Crippen molar-refractivity contribution in [3.8, 4) is 0 Å². The molecule has 1 unspecified atom stereocenters. The number of hydrogen-bond donors (Lipinski definition) is 1. The minimum atomic E-state index is -0.223. The Balaban J connectivity index is 1.39. The number of fused-ring (bicyclic) bond motifs is 1. The first-order valence-electron chi connectivity index (χ1n) is 9.26. The van der Waals surface area contributed by atoms with Crippen molar-refractivity contribution in [2.45, 2.75) is 43.7 Å². The van der Waals surface area contributed by atoms with Gasteiger partial charge in [-0.2, -0.15) is 0 Å². The van der Waals surface area contributed by atoms with Crippen LogP contribution < -0.4 is 15.1 Å². The van der Waals surface area contributed by atoms with Crippen LogP contribution >= 0.6 is 0 Å². The molecule has 3 saturated heterocycles. The van der Waals surface area contributed by atoms with E-state index in [-0.39, 0.29) is 23.5 Å². The highest BCUT2D eigenvalue weighted by atomic mass is 16.6. The van der Waals surface area contributed by atoms with Gasteiger partial charge in [-0.3, -0.25) is 14.9 Å². The lowest BCUT2D eigenvalue weighted by Crippen LogP contribution is -2.52. The van der Waals surface area contributed by atoms with E-state index in [0.29, 0.717) is 12.8 Å². The molecule has 1 spiro atoms. The van der Waals surface area contributed by atoms with Crippen LogP contribution in [0, 0.1) is 0 Å². The zero-order chi connectivity index (χ0) is 17.0. The zero-order valence-electron chi connectivity index (χ0n) is 14.3. The van der Waals surface area contributed by atoms with Gasteiger partial charge in [-0.15, -0.1) is 0 Å². The summed E-state index contributed by atoms with van der Waals surface area (Å²) in [5.41, 5.74) is 4.00. The molecule has 1 atom stereocenters. The SMILES string of the molecule is O=C1CCC(N2CCc3c(N4CCC5(CC4)CO5)cccc32)C(=O)N1. The summed E-state index contributed by atoms with van der Waals surface area (Å²) in [4.78, 5) is 28.4. The van der Waals surface area contributed by atoms with E-state index in [1.807, 2.05) is 0 Å². The number of carbonyl (C=O) groups is 2. The molecular formula is C19H23N3O3. The number of benzene rings is 1. The first-order valence-corrected chi connectivity index (χ1v) is 9.26. The van der Waals surface area contributed by atoms with Gasteiger partial charge in [0, 0.05) is 43.0 Å². The molecule has 0 aliphatic carbocycles. The number of epoxide rings is 1. The Labute approximate surface area is 147 Å². The van der Waals surface area contributed by atoms with E-state index in [1.54, 1.807) is 0 Å². The van der Waals surface area contributed by atoms with Crippen molar-refractivity contribution in [1.29, 1.82) is 0 Å². The number of nitrogens with zero attached hydrogens (tertiary/aromatic N) is 2. The van der Waals surface area contributed by atoms with Crippen molar-refractivity contribution in [1.82, 2.24) is 5.32 Å². The summed E-state index contributed by atoms with van der Waals surface area (Å²) < 4.78 is 5.62. The minimum Gasteiger partial charge on any atom is -0.371 e. The number of rotatable bonds is 2. The summed E-state index contributed by atoms with van der Waals surface area (Å²) in [6.45, 7) is 3.85.